The lowest BCUT2D eigenvalue weighted by Crippen LogP contribution is -2.25. The van der Waals surface area contributed by atoms with Crippen LogP contribution < -0.4 is 10.2 Å². The van der Waals surface area contributed by atoms with Crippen molar-refractivity contribution >= 4 is 11.6 Å². The molecule has 98 valence electrons. The first-order valence-corrected chi connectivity index (χ1v) is 5.80. The zero-order chi connectivity index (χ0) is 13.5. The largest absolute Gasteiger partial charge is 0.484 e. The lowest BCUT2D eigenvalue weighted by atomic mass is 10.3. The van der Waals surface area contributed by atoms with Crippen molar-refractivity contribution in [2.75, 3.05) is 6.61 Å². The molecule has 0 saturated carbocycles. The minimum atomic E-state index is -0.324. The van der Waals surface area contributed by atoms with E-state index in [1.807, 2.05) is 18.2 Å². The zero-order valence-electron chi connectivity index (χ0n) is 10.5. The van der Waals surface area contributed by atoms with Crippen molar-refractivity contribution in [2.24, 2.45) is 5.10 Å². The molecule has 5 nitrogen and oxygen atoms in total. The van der Waals surface area contributed by atoms with E-state index in [2.05, 4.69) is 10.5 Å². The quantitative estimate of drug-likeness (QED) is 0.660. The number of ether oxygens (including phenoxy) is 1. The summed E-state index contributed by atoms with van der Waals surface area (Å²) in [6.45, 7) is 1.66. The van der Waals surface area contributed by atoms with E-state index >= 15 is 0 Å². The van der Waals surface area contributed by atoms with Crippen LogP contribution in [0.15, 0.2) is 58.2 Å². The summed E-state index contributed by atoms with van der Waals surface area (Å²) in [4.78, 5) is 11.5. The fraction of sp³-hybridized carbons (Fsp3) is 0.143. The summed E-state index contributed by atoms with van der Waals surface area (Å²) >= 11 is 0. The van der Waals surface area contributed by atoms with Gasteiger partial charge in [0.2, 0.25) is 0 Å². The summed E-state index contributed by atoms with van der Waals surface area (Å²) < 4.78 is 10.4. The number of nitrogens with one attached hydrogen (secondary N) is 1. The van der Waals surface area contributed by atoms with Crippen molar-refractivity contribution in [3.05, 3.63) is 54.5 Å². The average Bonchev–Trinajstić information content (AvgIpc) is 2.98. The van der Waals surface area contributed by atoms with Crippen molar-refractivity contribution < 1.29 is 13.9 Å². The molecule has 0 aliphatic carbocycles. The van der Waals surface area contributed by atoms with Gasteiger partial charge in [0.15, 0.2) is 6.61 Å². The van der Waals surface area contributed by atoms with Gasteiger partial charge < -0.3 is 9.15 Å². The van der Waals surface area contributed by atoms with Crippen molar-refractivity contribution in [1.82, 2.24) is 5.43 Å². The monoisotopic (exact) mass is 258 g/mol. The molecule has 1 amide bonds. The molecule has 0 aliphatic rings. The Hall–Kier alpha value is -2.56. The highest BCUT2D eigenvalue weighted by molar-refractivity contribution is 5.96. The molecule has 2 rings (SSSR count). The first kappa shape index (κ1) is 12.9. The standard InChI is InChI=1S/C14H14N2O3/c1-11(13-8-5-9-18-13)15-16-14(17)10-19-12-6-3-2-4-7-12/h2-9H,10H2,1H3,(H,16,17)/b15-11+. The maximum Gasteiger partial charge on any atom is 0.277 e. The first-order chi connectivity index (χ1) is 9.25. The van der Waals surface area contributed by atoms with Crippen LogP contribution in [-0.2, 0) is 4.79 Å². The van der Waals surface area contributed by atoms with Crippen LogP contribution in [-0.4, -0.2) is 18.2 Å². The average molecular weight is 258 g/mol. The Kier molecular flexibility index (Phi) is 4.34. The number of rotatable bonds is 5. The molecule has 0 radical (unpaired) electrons. The molecule has 1 heterocycles. The molecule has 0 fully saturated rings. The number of hydrazone groups is 1. The highest BCUT2D eigenvalue weighted by atomic mass is 16.5. The molecule has 1 aromatic carbocycles. The Labute approximate surface area is 110 Å². The van der Waals surface area contributed by atoms with Crippen LogP contribution in [0.4, 0.5) is 0 Å². The normalized spacial score (nSPS) is 11.1. The van der Waals surface area contributed by atoms with Crippen molar-refractivity contribution in [2.45, 2.75) is 6.92 Å². The van der Waals surface area contributed by atoms with Crippen LogP contribution >= 0.6 is 0 Å². The molecular formula is C14H14N2O3. The van der Waals surface area contributed by atoms with E-state index < -0.39 is 0 Å². The van der Waals surface area contributed by atoms with Crippen molar-refractivity contribution in [1.29, 1.82) is 0 Å². The van der Waals surface area contributed by atoms with E-state index in [4.69, 9.17) is 9.15 Å². The van der Waals surface area contributed by atoms with E-state index in [0.29, 0.717) is 17.2 Å². The fourth-order valence-corrected chi connectivity index (χ4v) is 1.38. The minimum Gasteiger partial charge on any atom is -0.484 e. The van der Waals surface area contributed by atoms with Crippen LogP contribution in [0.25, 0.3) is 0 Å². The molecule has 1 aromatic heterocycles. The predicted molar refractivity (Wildman–Crippen MR) is 71.0 cm³/mol. The van der Waals surface area contributed by atoms with Gasteiger partial charge in [0.1, 0.15) is 17.2 Å². The minimum absolute atomic E-state index is 0.0844. The summed E-state index contributed by atoms with van der Waals surface area (Å²) in [5, 5.41) is 3.92. The van der Waals surface area contributed by atoms with Crippen molar-refractivity contribution in [3.8, 4) is 5.75 Å². The van der Waals surface area contributed by atoms with Gasteiger partial charge >= 0.3 is 0 Å². The van der Waals surface area contributed by atoms with Gasteiger partial charge in [-0.2, -0.15) is 5.10 Å². The van der Waals surface area contributed by atoms with Crippen LogP contribution in [0.2, 0.25) is 0 Å². The summed E-state index contributed by atoms with van der Waals surface area (Å²) in [7, 11) is 0. The molecule has 0 atom stereocenters. The van der Waals surface area contributed by atoms with Crippen molar-refractivity contribution in [3.63, 3.8) is 0 Å². The number of carbonyl (C=O) groups excluding carboxylic acids is 1. The molecule has 0 unspecified atom stereocenters. The molecule has 0 aliphatic heterocycles. The summed E-state index contributed by atoms with van der Waals surface area (Å²) in [5.74, 6) is 0.934. The van der Waals surface area contributed by atoms with E-state index in [-0.39, 0.29) is 12.5 Å². The zero-order valence-corrected chi connectivity index (χ0v) is 10.5. The van der Waals surface area contributed by atoms with E-state index in [1.54, 1.807) is 37.5 Å². The third-order valence-electron chi connectivity index (χ3n) is 2.34. The Balaban J connectivity index is 1.80. The summed E-state index contributed by atoms with van der Waals surface area (Å²) in [6, 6.07) is 12.7. The number of hydrogen-bond acceptors (Lipinski definition) is 4. The number of para-hydroxylation sites is 1. The second-order valence-electron chi connectivity index (χ2n) is 3.81. The number of furan rings is 1. The number of carbonyl (C=O) groups is 1. The van der Waals surface area contributed by atoms with E-state index in [9.17, 15) is 4.79 Å². The topological polar surface area (TPSA) is 63.8 Å². The smallest absolute Gasteiger partial charge is 0.277 e. The lowest BCUT2D eigenvalue weighted by molar-refractivity contribution is -0.123. The Bertz CT molecular complexity index is 547. The molecular weight excluding hydrogens is 244 g/mol. The molecule has 1 N–H and O–H groups in total. The SMILES string of the molecule is C/C(=N\NC(=O)COc1ccccc1)c1ccco1. The predicted octanol–water partition coefficient (Wildman–Crippen LogP) is 2.20. The number of benzene rings is 1. The Morgan fingerprint density at radius 1 is 1.26 bits per heavy atom. The molecule has 5 heteroatoms. The van der Waals surface area contributed by atoms with Gasteiger partial charge in [-0.1, -0.05) is 18.2 Å². The maximum absolute atomic E-state index is 11.5. The van der Waals surface area contributed by atoms with Gasteiger partial charge in [-0.25, -0.2) is 5.43 Å². The third-order valence-corrected chi connectivity index (χ3v) is 2.34. The van der Waals surface area contributed by atoms with Gasteiger partial charge in [0, 0.05) is 0 Å². The van der Waals surface area contributed by atoms with Crippen LogP contribution in [0.3, 0.4) is 0 Å². The Morgan fingerprint density at radius 3 is 2.74 bits per heavy atom. The van der Waals surface area contributed by atoms with Gasteiger partial charge in [-0.3, -0.25) is 4.79 Å². The highest BCUT2D eigenvalue weighted by Crippen LogP contribution is 2.07. The molecule has 19 heavy (non-hydrogen) atoms. The molecule has 0 saturated heterocycles. The lowest BCUT2D eigenvalue weighted by Gasteiger charge is -2.04. The molecule has 0 spiro atoms. The second-order valence-corrected chi connectivity index (χ2v) is 3.81. The highest BCUT2D eigenvalue weighted by Gasteiger charge is 2.03. The molecule has 0 bridgehead atoms. The van der Waals surface area contributed by atoms with E-state index in [1.165, 1.54) is 0 Å². The summed E-state index contributed by atoms with van der Waals surface area (Å²) in [6.07, 6.45) is 1.55. The third kappa shape index (κ3) is 3.99. The van der Waals surface area contributed by atoms with Gasteiger partial charge in [0.25, 0.3) is 5.91 Å². The first-order valence-electron chi connectivity index (χ1n) is 5.80. The molecule has 2 aromatic rings. The second kappa shape index (κ2) is 6.39. The van der Waals surface area contributed by atoms with Gasteiger partial charge in [-0.05, 0) is 31.2 Å². The Morgan fingerprint density at radius 2 is 2.05 bits per heavy atom. The van der Waals surface area contributed by atoms with Gasteiger partial charge in [0.05, 0.1) is 6.26 Å². The van der Waals surface area contributed by atoms with Crippen LogP contribution in [0.1, 0.15) is 12.7 Å². The van der Waals surface area contributed by atoms with Crippen LogP contribution in [0, 0.1) is 0 Å². The number of nitrogens with zero attached hydrogens (tertiary/aromatic N) is 1. The van der Waals surface area contributed by atoms with Gasteiger partial charge in [-0.15, -0.1) is 0 Å². The van der Waals surface area contributed by atoms with Crippen LogP contribution in [0.5, 0.6) is 5.75 Å². The number of amides is 1. The maximum atomic E-state index is 11.5. The summed E-state index contributed by atoms with van der Waals surface area (Å²) in [5.41, 5.74) is 3.00. The fourth-order valence-electron chi connectivity index (χ4n) is 1.38. The van der Waals surface area contributed by atoms with E-state index in [0.717, 1.165) is 0 Å². The number of hydrogen-bond donors (Lipinski definition) is 1.